The summed E-state index contributed by atoms with van der Waals surface area (Å²) in [6.07, 6.45) is 0. The number of aliphatic carboxylic acids is 1. The zero-order valence-corrected chi connectivity index (χ0v) is 8.14. The lowest BCUT2D eigenvalue weighted by Gasteiger charge is -2.10. The van der Waals surface area contributed by atoms with E-state index in [1.54, 1.807) is 0 Å². The fourth-order valence-electron chi connectivity index (χ4n) is 1.20. The summed E-state index contributed by atoms with van der Waals surface area (Å²) in [5.74, 6) is -0.694. The lowest BCUT2D eigenvalue weighted by Crippen LogP contribution is -2.11. The maximum atomic E-state index is 10.2. The molecule has 0 radical (unpaired) electrons. The fourth-order valence-corrected chi connectivity index (χ4v) is 1.20. The van der Waals surface area contributed by atoms with Crippen molar-refractivity contribution in [2.75, 3.05) is 13.2 Å². The molecule has 1 N–H and O–H groups in total. The summed E-state index contributed by atoms with van der Waals surface area (Å²) in [5.41, 5.74) is 1.16. The number of carboxylic acids is 1. The lowest BCUT2D eigenvalue weighted by molar-refractivity contribution is -0.142. The van der Waals surface area contributed by atoms with E-state index in [1.807, 2.05) is 37.3 Å². The van der Waals surface area contributed by atoms with E-state index in [1.165, 1.54) is 0 Å². The van der Waals surface area contributed by atoms with Gasteiger partial charge in [0.2, 0.25) is 0 Å². The van der Waals surface area contributed by atoms with Crippen LogP contribution in [-0.2, 0) is 9.53 Å². The first kappa shape index (κ1) is 10.7. The molecule has 14 heavy (non-hydrogen) atoms. The van der Waals surface area contributed by atoms with Gasteiger partial charge in [-0.05, 0) is 5.56 Å². The van der Waals surface area contributed by atoms with Crippen molar-refractivity contribution < 1.29 is 14.6 Å². The van der Waals surface area contributed by atoms with Gasteiger partial charge < -0.3 is 9.84 Å². The van der Waals surface area contributed by atoms with E-state index in [9.17, 15) is 4.79 Å². The molecule has 0 aliphatic rings. The van der Waals surface area contributed by atoms with Gasteiger partial charge in [-0.25, -0.2) is 4.79 Å². The van der Waals surface area contributed by atoms with Gasteiger partial charge in [0.05, 0.1) is 6.61 Å². The zero-order valence-electron chi connectivity index (χ0n) is 8.14. The smallest absolute Gasteiger partial charge is 0.329 e. The topological polar surface area (TPSA) is 46.5 Å². The van der Waals surface area contributed by atoms with Gasteiger partial charge in [-0.3, -0.25) is 0 Å². The normalized spacial score (nSPS) is 12.4. The summed E-state index contributed by atoms with van der Waals surface area (Å²) in [6.45, 7) is 2.23. The molecule has 0 heterocycles. The van der Waals surface area contributed by atoms with Crippen LogP contribution in [0.4, 0.5) is 0 Å². The first-order valence-corrected chi connectivity index (χ1v) is 4.54. The Morgan fingerprint density at radius 2 is 2.07 bits per heavy atom. The Kier molecular flexibility index (Phi) is 4.13. The summed E-state index contributed by atoms with van der Waals surface area (Å²) >= 11 is 0. The van der Waals surface area contributed by atoms with E-state index < -0.39 is 5.97 Å². The second-order valence-corrected chi connectivity index (χ2v) is 3.22. The highest BCUT2D eigenvalue weighted by atomic mass is 16.5. The molecular weight excluding hydrogens is 180 g/mol. The van der Waals surface area contributed by atoms with Crippen molar-refractivity contribution in [3.05, 3.63) is 35.9 Å². The maximum absolute atomic E-state index is 10.2. The molecule has 1 aromatic rings. The molecule has 0 aliphatic heterocycles. The van der Waals surface area contributed by atoms with Crippen molar-refractivity contribution in [1.82, 2.24) is 0 Å². The SMILES string of the molecule is C[C@@H](COCC(=O)O)c1ccccc1. The molecule has 0 bridgehead atoms. The Balaban J connectivity index is 2.36. The Hall–Kier alpha value is -1.35. The molecule has 3 nitrogen and oxygen atoms in total. The zero-order chi connectivity index (χ0) is 10.4. The quantitative estimate of drug-likeness (QED) is 0.778. The molecule has 1 aromatic carbocycles. The minimum absolute atomic E-state index is 0.225. The molecule has 3 heteroatoms. The van der Waals surface area contributed by atoms with Crippen LogP contribution in [0.2, 0.25) is 0 Å². The summed E-state index contributed by atoms with van der Waals surface area (Å²) in [7, 11) is 0. The van der Waals surface area contributed by atoms with Crippen molar-refractivity contribution in [2.45, 2.75) is 12.8 Å². The van der Waals surface area contributed by atoms with Crippen molar-refractivity contribution >= 4 is 5.97 Å². The molecule has 0 spiro atoms. The molecule has 0 unspecified atom stereocenters. The third-order valence-corrected chi connectivity index (χ3v) is 1.96. The molecule has 76 valence electrons. The number of benzene rings is 1. The van der Waals surface area contributed by atoms with Gasteiger partial charge in [0.15, 0.2) is 0 Å². The predicted molar refractivity (Wildman–Crippen MR) is 53.3 cm³/mol. The van der Waals surface area contributed by atoms with Crippen LogP contribution >= 0.6 is 0 Å². The largest absolute Gasteiger partial charge is 0.480 e. The molecule has 1 rings (SSSR count). The Bertz CT molecular complexity index is 282. The van der Waals surface area contributed by atoms with Crippen LogP contribution in [0.5, 0.6) is 0 Å². The summed E-state index contributed by atoms with van der Waals surface area (Å²) in [4.78, 5) is 10.2. The summed E-state index contributed by atoms with van der Waals surface area (Å²) < 4.78 is 5.01. The first-order chi connectivity index (χ1) is 6.70. The molecular formula is C11H14O3. The minimum Gasteiger partial charge on any atom is -0.480 e. The van der Waals surface area contributed by atoms with Crippen LogP contribution in [0.3, 0.4) is 0 Å². The van der Waals surface area contributed by atoms with Crippen molar-refractivity contribution in [3.8, 4) is 0 Å². The second-order valence-electron chi connectivity index (χ2n) is 3.22. The molecule has 0 saturated heterocycles. The standard InChI is InChI=1S/C11H14O3/c1-9(7-14-8-11(12)13)10-5-3-2-4-6-10/h2-6,9H,7-8H2,1H3,(H,12,13)/t9-/m0/s1. The van der Waals surface area contributed by atoms with Crippen LogP contribution < -0.4 is 0 Å². The van der Waals surface area contributed by atoms with Crippen LogP contribution in [0, 0.1) is 0 Å². The van der Waals surface area contributed by atoms with E-state index in [-0.39, 0.29) is 12.5 Å². The second kappa shape index (κ2) is 5.40. The van der Waals surface area contributed by atoms with Gasteiger partial charge >= 0.3 is 5.97 Å². The average molecular weight is 194 g/mol. The van der Waals surface area contributed by atoms with Crippen molar-refractivity contribution in [2.24, 2.45) is 0 Å². The number of hydrogen-bond acceptors (Lipinski definition) is 2. The van der Waals surface area contributed by atoms with Gasteiger partial charge in [0.1, 0.15) is 6.61 Å². The first-order valence-electron chi connectivity index (χ1n) is 4.54. The van der Waals surface area contributed by atoms with E-state index in [2.05, 4.69) is 0 Å². The minimum atomic E-state index is -0.926. The average Bonchev–Trinajstić information content (AvgIpc) is 2.18. The lowest BCUT2D eigenvalue weighted by atomic mass is 10.0. The molecule has 0 saturated carbocycles. The highest BCUT2D eigenvalue weighted by molar-refractivity contribution is 5.67. The van der Waals surface area contributed by atoms with Crippen LogP contribution in [-0.4, -0.2) is 24.3 Å². The van der Waals surface area contributed by atoms with E-state index in [0.717, 1.165) is 5.56 Å². The molecule has 0 fully saturated rings. The van der Waals surface area contributed by atoms with E-state index >= 15 is 0 Å². The van der Waals surface area contributed by atoms with Gasteiger partial charge in [-0.15, -0.1) is 0 Å². The van der Waals surface area contributed by atoms with Crippen molar-refractivity contribution in [3.63, 3.8) is 0 Å². The summed E-state index contributed by atoms with van der Waals surface area (Å²) in [5, 5.41) is 8.37. The Morgan fingerprint density at radius 1 is 1.43 bits per heavy atom. The van der Waals surface area contributed by atoms with Gasteiger partial charge in [0, 0.05) is 5.92 Å². The fraction of sp³-hybridized carbons (Fsp3) is 0.364. The number of ether oxygens (including phenoxy) is 1. The van der Waals surface area contributed by atoms with E-state index in [0.29, 0.717) is 6.61 Å². The number of carbonyl (C=O) groups is 1. The Morgan fingerprint density at radius 3 is 2.64 bits per heavy atom. The van der Waals surface area contributed by atoms with Gasteiger partial charge in [-0.2, -0.15) is 0 Å². The predicted octanol–water partition coefficient (Wildman–Crippen LogP) is 1.89. The number of carboxylic acid groups (broad SMARTS) is 1. The number of hydrogen-bond donors (Lipinski definition) is 1. The molecule has 1 atom stereocenters. The highest BCUT2D eigenvalue weighted by Crippen LogP contribution is 2.14. The number of rotatable bonds is 5. The van der Waals surface area contributed by atoms with Gasteiger partial charge in [-0.1, -0.05) is 37.3 Å². The van der Waals surface area contributed by atoms with Crippen LogP contribution in [0.15, 0.2) is 30.3 Å². The maximum Gasteiger partial charge on any atom is 0.329 e. The monoisotopic (exact) mass is 194 g/mol. The highest BCUT2D eigenvalue weighted by Gasteiger charge is 2.05. The van der Waals surface area contributed by atoms with Gasteiger partial charge in [0.25, 0.3) is 0 Å². The summed E-state index contributed by atoms with van der Waals surface area (Å²) in [6, 6.07) is 9.89. The molecule has 0 aliphatic carbocycles. The third-order valence-electron chi connectivity index (χ3n) is 1.96. The Labute approximate surface area is 83.3 Å². The van der Waals surface area contributed by atoms with E-state index in [4.69, 9.17) is 9.84 Å². The third kappa shape index (κ3) is 3.58. The van der Waals surface area contributed by atoms with Crippen LogP contribution in [0.1, 0.15) is 18.4 Å². The molecule has 0 amide bonds. The molecule has 0 aromatic heterocycles. The van der Waals surface area contributed by atoms with Crippen molar-refractivity contribution in [1.29, 1.82) is 0 Å². The van der Waals surface area contributed by atoms with Crippen LogP contribution in [0.25, 0.3) is 0 Å².